The van der Waals surface area contributed by atoms with Gasteiger partial charge in [0.25, 0.3) is 5.91 Å². The second-order valence-electron chi connectivity index (χ2n) is 15.3. The molecule has 0 radical (unpaired) electrons. The number of carbonyl (C=O) groups excluding carboxylic acids is 3. The molecule has 3 aliphatic heterocycles. The standard InChI is InChI=1S/C46H49N3O5/c1-31-11-17-41-36(27-31)14-18-40(33-7-3-2-4-8-33)45(41)34-12-15-37(16-13-34)53-26-6-23-48-24-21-32(22-25-48)35-9-5-10-38(28-35)54-39-29-44(51)49(30-39)42-19-20-43(50)47-46(42)52/h2-5,7-13,15-17,27-29,32,40,42,45H,6,14,18-26,30H2,1H3,(H,47,50,52)/t40-,42?,45+/m1/s1. The smallest absolute Gasteiger partial charge is 0.251 e. The van der Waals surface area contributed by atoms with Crippen molar-refractivity contribution in [3.8, 4) is 11.5 Å². The lowest BCUT2D eigenvalue weighted by atomic mass is 9.69. The number of nitrogens with zero attached hydrogens (tertiary/aromatic N) is 2. The van der Waals surface area contributed by atoms with Gasteiger partial charge in [-0.3, -0.25) is 19.7 Å². The normalized spacial score (nSPS) is 22.1. The number of ether oxygens (including phenoxy) is 2. The van der Waals surface area contributed by atoms with Crippen molar-refractivity contribution in [3.63, 3.8) is 0 Å². The number of hydrogen-bond donors (Lipinski definition) is 1. The van der Waals surface area contributed by atoms with E-state index in [0.29, 0.717) is 42.3 Å². The number of fused-ring (bicyclic) bond motifs is 1. The number of rotatable bonds is 11. The molecule has 1 aliphatic carbocycles. The zero-order valence-electron chi connectivity index (χ0n) is 31.0. The predicted molar refractivity (Wildman–Crippen MR) is 209 cm³/mol. The van der Waals surface area contributed by atoms with Gasteiger partial charge in [-0.15, -0.1) is 0 Å². The molecular weight excluding hydrogens is 675 g/mol. The molecule has 3 atom stereocenters. The number of carbonyl (C=O) groups is 3. The summed E-state index contributed by atoms with van der Waals surface area (Å²) in [6, 6.07) is 34.3. The number of amides is 3. The van der Waals surface area contributed by atoms with Crippen LogP contribution >= 0.6 is 0 Å². The number of nitrogens with one attached hydrogen (secondary N) is 1. The van der Waals surface area contributed by atoms with Gasteiger partial charge in [0, 0.05) is 25.0 Å². The molecule has 2 fully saturated rings. The van der Waals surface area contributed by atoms with Crippen LogP contribution in [-0.4, -0.2) is 66.3 Å². The summed E-state index contributed by atoms with van der Waals surface area (Å²) in [6.07, 6.45) is 7.40. The first-order chi connectivity index (χ1) is 26.4. The number of benzene rings is 4. The summed E-state index contributed by atoms with van der Waals surface area (Å²) in [7, 11) is 0. The van der Waals surface area contributed by atoms with Crippen LogP contribution < -0.4 is 14.8 Å². The highest BCUT2D eigenvalue weighted by molar-refractivity contribution is 6.03. The fourth-order valence-electron chi connectivity index (χ4n) is 8.96. The molecule has 0 aromatic heterocycles. The molecule has 8 heteroatoms. The van der Waals surface area contributed by atoms with Gasteiger partial charge in [0.2, 0.25) is 11.8 Å². The van der Waals surface area contributed by atoms with E-state index in [4.69, 9.17) is 9.47 Å². The number of piperidine rings is 2. The molecule has 1 unspecified atom stereocenters. The Bertz CT molecular complexity index is 2020. The van der Waals surface area contributed by atoms with E-state index in [2.05, 4.69) is 102 Å². The summed E-state index contributed by atoms with van der Waals surface area (Å²) in [5.74, 6) is 2.38. The Morgan fingerprint density at radius 1 is 0.759 bits per heavy atom. The Morgan fingerprint density at radius 2 is 1.56 bits per heavy atom. The van der Waals surface area contributed by atoms with Gasteiger partial charge in [-0.1, -0.05) is 78.4 Å². The van der Waals surface area contributed by atoms with Gasteiger partial charge in [0.05, 0.1) is 13.2 Å². The van der Waals surface area contributed by atoms with Gasteiger partial charge in [-0.05, 0) is 122 Å². The summed E-state index contributed by atoms with van der Waals surface area (Å²) in [5, 5.41) is 2.33. The van der Waals surface area contributed by atoms with Gasteiger partial charge in [-0.25, -0.2) is 0 Å². The zero-order valence-corrected chi connectivity index (χ0v) is 31.0. The largest absolute Gasteiger partial charge is 0.494 e. The molecule has 0 saturated carbocycles. The molecule has 4 aliphatic rings. The Labute approximate surface area is 318 Å². The van der Waals surface area contributed by atoms with Crippen molar-refractivity contribution in [2.45, 2.75) is 75.7 Å². The number of hydrogen-bond acceptors (Lipinski definition) is 6. The predicted octanol–water partition coefficient (Wildman–Crippen LogP) is 7.42. The van der Waals surface area contributed by atoms with Crippen LogP contribution in [0.25, 0.3) is 0 Å². The van der Waals surface area contributed by atoms with Gasteiger partial charge in [0.1, 0.15) is 23.3 Å². The van der Waals surface area contributed by atoms with E-state index in [1.165, 1.54) is 44.4 Å². The van der Waals surface area contributed by atoms with Gasteiger partial charge < -0.3 is 19.3 Å². The minimum absolute atomic E-state index is 0.215. The highest BCUT2D eigenvalue weighted by atomic mass is 16.5. The molecule has 4 aromatic carbocycles. The lowest BCUT2D eigenvalue weighted by molar-refractivity contribution is -0.142. The Kier molecular flexibility index (Phi) is 10.6. The summed E-state index contributed by atoms with van der Waals surface area (Å²) >= 11 is 0. The monoisotopic (exact) mass is 723 g/mol. The zero-order chi connectivity index (χ0) is 37.0. The molecule has 4 aromatic rings. The third kappa shape index (κ3) is 7.99. The van der Waals surface area contributed by atoms with E-state index in [9.17, 15) is 14.4 Å². The number of likely N-dealkylation sites (tertiary alicyclic amines) is 1. The molecule has 2 saturated heterocycles. The Balaban J connectivity index is 0.799. The second kappa shape index (κ2) is 16.0. The molecule has 0 spiro atoms. The summed E-state index contributed by atoms with van der Waals surface area (Å²) in [6.45, 7) is 6.18. The molecule has 54 heavy (non-hydrogen) atoms. The van der Waals surface area contributed by atoms with E-state index in [1.54, 1.807) is 0 Å². The first-order valence-corrected chi connectivity index (χ1v) is 19.6. The molecule has 278 valence electrons. The molecule has 8 rings (SSSR count). The van der Waals surface area contributed by atoms with Crippen molar-refractivity contribution < 1.29 is 23.9 Å². The van der Waals surface area contributed by atoms with Crippen LogP contribution in [0, 0.1) is 6.92 Å². The molecule has 8 nitrogen and oxygen atoms in total. The third-order valence-corrected chi connectivity index (χ3v) is 11.8. The average Bonchev–Trinajstić information content (AvgIpc) is 3.55. The van der Waals surface area contributed by atoms with E-state index >= 15 is 0 Å². The Hall–Kier alpha value is -5.21. The van der Waals surface area contributed by atoms with E-state index in [-0.39, 0.29) is 24.8 Å². The molecule has 0 bridgehead atoms. The average molecular weight is 724 g/mol. The van der Waals surface area contributed by atoms with E-state index in [1.807, 2.05) is 12.1 Å². The van der Waals surface area contributed by atoms with Crippen molar-refractivity contribution in [1.82, 2.24) is 15.1 Å². The first kappa shape index (κ1) is 35.8. The van der Waals surface area contributed by atoms with Crippen LogP contribution in [0.15, 0.2) is 109 Å². The fourth-order valence-corrected chi connectivity index (χ4v) is 8.96. The molecule has 1 N–H and O–H groups in total. The maximum atomic E-state index is 12.7. The van der Waals surface area contributed by atoms with Crippen molar-refractivity contribution >= 4 is 17.7 Å². The highest BCUT2D eigenvalue weighted by Crippen LogP contribution is 2.46. The second-order valence-corrected chi connectivity index (χ2v) is 15.3. The van der Waals surface area contributed by atoms with Gasteiger partial charge >= 0.3 is 0 Å². The fraction of sp³-hybridized carbons (Fsp3) is 0.370. The lowest BCUT2D eigenvalue weighted by Crippen LogP contribution is -2.53. The summed E-state index contributed by atoms with van der Waals surface area (Å²) < 4.78 is 12.4. The van der Waals surface area contributed by atoms with Crippen LogP contribution in [0.2, 0.25) is 0 Å². The van der Waals surface area contributed by atoms with Crippen LogP contribution in [0.3, 0.4) is 0 Å². The molecule has 3 amide bonds. The van der Waals surface area contributed by atoms with Crippen molar-refractivity contribution in [1.29, 1.82) is 0 Å². The van der Waals surface area contributed by atoms with Gasteiger partial charge in [0.15, 0.2) is 0 Å². The van der Waals surface area contributed by atoms with Crippen LogP contribution in [-0.2, 0) is 20.8 Å². The Morgan fingerprint density at radius 3 is 2.35 bits per heavy atom. The highest BCUT2D eigenvalue weighted by Gasteiger charge is 2.37. The minimum atomic E-state index is -0.647. The summed E-state index contributed by atoms with van der Waals surface area (Å²) in [4.78, 5) is 40.5. The lowest BCUT2D eigenvalue weighted by Gasteiger charge is -2.35. The van der Waals surface area contributed by atoms with E-state index < -0.39 is 11.9 Å². The quantitative estimate of drug-likeness (QED) is 0.128. The van der Waals surface area contributed by atoms with Crippen molar-refractivity contribution in [3.05, 3.63) is 142 Å². The minimum Gasteiger partial charge on any atom is -0.494 e. The summed E-state index contributed by atoms with van der Waals surface area (Å²) in [5.41, 5.74) is 8.28. The van der Waals surface area contributed by atoms with Gasteiger partial charge in [-0.2, -0.15) is 0 Å². The number of aryl methyl sites for hydroxylation is 2. The number of imide groups is 1. The van der Waals surface area contributed by atoms with Crippen LogP contribution in [0.5, 0.6) is 11.5 Å². The topological polar surface area (TPSA) is 88.2 Å². The van der Waals surface area contributed by atoms with Crippen LogP contribution in [0.1, 0.15) is 89.7 Å². The van der Waals surface area contributed by atoms with Crippen LogP contribution in [0.4, 0.5) is 0 Å². The third-order valence-electron chi connectivity index (χ3n) is 11.8. The van der Waals surface area contributed by atoms with E-state index in [0.717, 1.165) is 57.5 Å². The maximum absolute atomic E-state index is 12.7. The van der Waals surface area contributed by atoms with Crippen molar-refractivity contribution in [2.75, 3.05) is 32.8 Å². The maximum Gasteiger partial charge on any atom is 0.251 e. The SMILES string of the molecule is Cc1ccc2c(c1)CC[C@H](c1ccccc1)[C@@H]2c1ccc(OCCCN2CCC(c3cccc(OC4=CC(=O)N(C5CCC(=O)NC5=O)C4)c3)CC2)cc1. The molecular formula is C46H49N3O5. The molecule has 3 heterocycles. The first-order valence-electron chi connectivity index (χ1n) is 19.6. The van der Waals surface area contributed by atoms with Crippen molar-refractivity contribution in [2.24, 2.45) is 0 Å².